The molecule has 0 bridgehead atoms. The van der Waals surface area contributed by atoms with Crippen molar-refractivity contribution >= 4 is 5.91 Å². The lowest BCUT2D eigenvalue weighted by molar-refractivity contribution is -0.122. The number of carbonyl (C=O) groups excluding carboxylic acids is 1. The first-order chi connectivity index (χ1) is 10.2. The molecule has 21 heavy (non-hydrogen) atoms. The molecule has 3 N–H and O–H groups in total. The Morgan fingerprint density at radius 2 is 2.14 bits per heavy atom. The Morgan fingerprint density at radius 3 is 2.86 bits per heavy atom. The maximum absolute atomic E-state index is 11.6. The molecule has 1 aromatic heterocycles. The summed E-state index contributed by atoms with van der Waals surface area (Å²) < 4.78 is 2.01. The van der Waals surface area contributed by atoms with Gasteiger partial charge in [0.05, 0.1) is 24.0 Å². The number of amides is 1. The van der Waals surface area contributed by atoms with Gasteiger partial charge in [-0.3, -0.25) is 4.79 Å². The molecule has 5 nitrogen and oxygen atoms in total. The molecule has 1 atom stereocenters. The van der Waals surface area contributed by atoms with E-state index < -0.39 is 6.04 Å². The Kier molecular flexibility index (Phi) is 3.75. The molecule has 0 saturated heterocycles. The van der Waals surface area contributed by atoms with Gasteiger partial charge in [0.15, 0.2) is 0 Å². The number of nitrogens with one attached hydrogen (secondary N) is 1. The first-order valence-electron chi connectivity index (χ1n) is 7.35. The molecule has 2 aromatic rings. The number of para-hydroxylation sites is 1. The maximum atomic E-state index is 11.6. The van der Waals surface area contributed by atoms with Gasteiger partial charge in [-0.2, -0.15) is 5.10 Å². The van der Waals surface area contributed by atoms with Crippen molar-refractivity contribution in [1.29, 1.82) is 0 Å². The van der Waals surface area contributed by atoms with E-state index in [0.29, 0.717) is 6.54 Å². The van der Waals surface area contributed by atoms with Crippen LogP contribution in [0.15, 0.2) is 30.3 Å². The summed E-state index contributed by atoms with van der Waals surface area (Å²) in [4.78, 5) is 11.6. The van der Waals surface area contributed by atoms with Crippen LogP contribution in [0.5, 0.6) is 0 Å². The van der Waals surface area contributed by atoms with Gasteiger partial charge in [0.25, 0.3) is 0 Å². The molecule has 0 radical (unpaired) electrons. The van der Waals surface area contributed by atoms with Gasteiger partial charge in [0.1, 0.15) is 0 Å². The normalized spacial score (nSPS) is 14.8. The minimum Gasteiger partial charge on any atom is -0.349 e. The molecule has 110 valence electrons. The predicted octanol–water partition coefficient (Wildman–Crippen LogP) is 1.32. The lowest BCUT2D eigenvalue weighted by Crippen LogP contribution is -2.38. The number of fused-ring (bicyclic) bond motifs is 1. The van der Waals surface area contributed by atoms with Crippen LogP contribution in [0.25, 0.3) is 5.69 Å². The van der Waals surface area contributed by atoms with Crippen LogP contribution >= 0.6 is 0 Å². The highest BCUT2D eigenvalue weighted by Crippen LogP contribution is 2.27. The average Bonchev–Trinajstić information content (AvgIpc) is 3.08. The molecule has 1 aliphatic rings. The third kappa shape index (κ3) is 2.69. The second-order valence-corrected chi connectivity index (χ2v) is 5.48. The van der Waals surface area contributed by atoms with E-state index in [-0.39, 0.29) is 5.91 Å². The number of hydrogen-bond donors (Lipinski definition) is 2. The van der Waals surface area contributed by atoms with Crippen LogP contribution in [0, 0.1) is 0 Å². The molecule has 0 fully saturated rings. The van der Waals surface area contributed by atoms with Crippen molar-refractivity contribution in [2.75, 3.05) is 0 Å². The summed E-state index contributed by atoms with van der Waals surface area (Å²) in [5.74, 6) is -0.143. The molecule has 0 unspecified atom stereocenters. The van der Waals surface area contributed by atoms with E-state index in [4.69, 9.17) is 10.8 Å². The largest absolute Gasteiger partial charge is 0.349 e. The van der Waals surface area contributed by atoms with Crippen LogP contribution in [-0.2, 0) is 24.2 Å². The summed E-state index contributed by atoms with van der Waals surface area (Å²) in [5.41, 5.74) is 10.2. The molecule has 0 saturated carbocycles. The summed E-state index contributed by atoms with van der Waals surface area (Å²) in [5, 5.41) is 7.55. The van der Waals surface area contributed by atoms with E-state index in [1.54, 1.807) is 6.92 Å². The SMILES string of the molecule is C[C@@H](N)C(=O)NCc1nn(-c2ccccc2)c2c1CCC2. The van der Waals surface area contributed by atoms with Crippen molar-refractivity contribution < 1.29 is 4.79 Å². The van der Waals surface area contributed by atoms with Crippen LogP contribution in [0.1, 0.15) is 30.3 Å². The van der Waals surface area contributed by atoms with Crippen molar-refractivity contribution in [2.24, 2.45) is 5.73 Å². The average molecular weight is 284 g/mol. The number of carbonyl (C=O) groups is 1. The van der Waals surface area contributed by atoms with Crippen LogP contribution in [0.3, 0.4) is 0 Å². The molecule has 1 heterocycles. The number of benzene rings is 1. The van der Waals surface area contributed by atoms with Crippen LogP contribution in [0.4, 0.5) is 0 Å². The third-order valence-corrected chi connectivity index (χ3v) is 3.86. The minimum atomic E-state index is -0.491. The lowest BCUT2D eigenvalue weighted by Gasteiger charge is -2.07. The van der Waals surface area contributed by atoms with E-state index in [2.05, 4.69) is 17.4 Å². The second-order valence-electron chi connectivity index (χ2n) is 5.48. The highest BCUT2D eigenvalue weighted by molar-refractivity contribution is 5.80. The standard InChI is InChI=1S/C16H20N4O/c1-11(17)16(21)18-10-14-13-8-5-9-15(13)20(19-14)12-6-3-2-4-7-12/h2-4,6-7,11H,5,8-10,17H2,1H3,(H,18,21)/t11-/m1/s1. The molecular formula is C16H20N4O. The quantitative estimate of drug-likeness (QED) is 0.889. The van der Waals surface area contributed by atoms with E-state index in [1.165, 1.54) is 11.3 Å². The van der Waals surface area contributed by atoms with E-state index >= 15 is 0 Å². The van der Waals surface area contributed by atoms with Crippen LogP contribution in [0.2, 0.25) is 0 Å². The maximum Gasteiger partial charge on any atom is 0.236 e. The predicted molar refractivity (Wildman–Crippen MR) is 81.1 cm³/mol. The first-order valence-corrected chi connectivity index (χ1v) is 7.35. The fourth-order valence-corrected chi connectivity index (χ4v) is 2.77. The zero-order chi connectivity index (χ0) is 14.8. The Labute approximate surface area is 124 Å². The van der Waals surface area contributed by atoms with Gasteiger partial charge in [0, 0.05) is 5.69 Å². The van der Waals surface area contributed by atoms with Crippen molar-refractivity contribution in [1.82, 2.24) is 15.1 Å². The van der Waals surface area contributed by atoms with Crippen molar-refractivity contribution in [3.63, 3.8) is 0 Å². The smallest absolute Gasteiger partial charge is 0.236 e. The number of rotatable bonds is 4. The summed E-state index contributed by atoms with van der Waals surface area (Å²) in [6, 6.07) is 9.63. The van der Waals surface area contributed by atoms with Gasteiger partial charge < -0.3 is 11.1 Å². The van der Waals surface area contributed by atoms with Crippen LogP contribution < -0.4 is 11.1 Å². The molecule has 0 aliphatic heterocycles. The number of aromatic nitrogens is 2. The van der Waals surface area contributed by atoms with Gasteiger partial charge in [-0.15, -0.1) is 0 Å². The number of nitrogens with two attached hydrogens (primary N) is 1. The van der Waals surface area contributed by atoms with Crippen LogP contribution in [-0.4, -0.2) is 21.7 Å². The Bertz CT molecular complexity index is 646. The van der Waals surface area contributed by atoms with Gasteiger partial charge in [-0.05, 0) is 43.9 Å². The first kappa shape index (κ1) is 13.8. The van der Waals surface area contributed by atoms with Gasteiger partial charge in [0.2, 0.25) is 5.91 Å². The summed E-state index contributed by atoms with van der Waals surface area (Å²) in [6.07, 6.45) is 3.22. The third-order valence-electron chi connectivity index (χ3n) is 3.86. The fourth-order valence-electron chi connectivity index (χ4n) is 2.77. The summed E-state index contributed by atoms with van der Waals surface area (Å²) in [6.45, 7) is 2.13. The topological polar surface area (TPSA) is 72.9 Å². The molecule has 1 aromatic carbocycles. The molecule has 1 amide bonds. The summed E-state index contributed by atoms with van der Waals surface area (Å²) in [7, 11) is 0. The number of nitrogens with zero attached hydrogens (tertiary/aromatic N) is 2. The highest BCUT2D eigenvalue weighted by Gasteiger charge is 2.23. The minimum absolute atomic E-state index is 0.143. The molecule has 0 spiro atoms. The van der Waals surface area contributed by atoms with Gasteiger partial charge >= 0.3 is 0 Å². The Morgan fingerprint density at radius 1 is 1.38 bits per heavy atom. The Hall–Kier alpha value is -2.14. The lowest BCUT2D eigenvalue weighted by atomic mass is 10.2. The highest BCUT2D eigenvalue weighted by atomic mass is 16.2. The monoisotopic (exact) mass is 284 g/mol. The zero-order valence-electron chi connectivity index (χ0n) is 12.2. The molecule has 3 rings (SSSR count). The van der Waals surface area contributed by atoms with E-state index in [9.17, 15) is 4.79 Å². The van der Waals surface area contributed by atoms with Crippen molar-refractivity contribution in [2.45, 2.75) is 38.8 Å². The molecule has 5 heteroatoms. The fraction of sp³-hybridized carbons (Fsp3) is 0.375. The second kappa shape index (κ2) is 5.69. The molecular weight excluding hydrogens is 264 g/mol. The summed E-state index contributed by atoms with van der Waals surface area (Å²) >= 11 is 0. The van der Waals surface area contributed by atoms with Gasteiger partial charge in [-0.25, -0.2) is 4.68 Å². The van der Waals surface area contributed by atoms with E-state index in [1.807, 2.05) is 22.9 Å². The van der Waals surface area contributed by atoms with E-state index in [0.717, 1.165) is 30.6 Å². The number of hydrogen-bond acceptors (Lipinski definition) is 3. The zero-order valence-corrected chi connectivity index (χ0v) is 12.2. The Balaban J connectivity index is 1.88. The molecule has 1 aliphatic carbocycles. The van der Waals surface area contributed by atoms with Gasteiger partial charge in [-0.1, -0.05) is 18.2 Å². The van der Waals surface area contributed by atoms with Crippen molar-refractivity contribution in [3.05, 3.63) is 47.3 Å². The van der Waals surface area contributed by atoms with Crippen molar-refractivity contribution in [3.8, 4) is 5.69 Å².